The number of hydrogen-bond acceptors (Lipinski definition) is 2. The van der Waals surface area contributed by atoms with E-state index in [1.54, 1.807) is 0 Å². The molecular weight excluding hydrogens is 188 g/mol. The lowest BCUT2D eigenvalue weighted by Crippen LogP contribution is -2.28. The van der Waals surface area contributed by atoms with Gasteiger partial charge in [-0.15, -0.1) is 0 Å². The van der Waals surface area contributed by atoms with Crippen molar-refractivity contribution in [2.45, 2.75) is 45.8 Å². The molecule has 0 aliphatic heterocycles. The van der Waals surface area contributed by atoms with Gasteiger partial charge in [-0.05, 0) is 52.3 Å². The molecule has 0 saturated heterocycles. The summed E-state index contributed by atoms with van der Waals surface area (Å²) in [5.74, 6) is 0. The van der Waals surface area contributed by atoms with Crippen LogP contribution in [0.4, 0.5) is 0 Å². The molecule has 1 aromatic carbocycles. The fourth-order valence-electron chi connectivity index (χ4n) is 1.05. The highest BCUT2D eigenvalue weighted by atomic mass is 17.2. The molecule has 1 rings (SSSR count). The minimum atomic E-state index is -0.453. The average Bonchev–Trinajstić information content (AvgIpc) is 2.16. The molecule has 0 unspecified atom stereocenters. The fraction of sp³-hybridized carbons (Fsp3) is 0.538. The third-order valence-electron chi connectivity index (χ3n) is 1.90. The van der Waals surface area contributed by atoms with Crippen LogP contribution < -0.4 is 0 Å². The number of rotatable bonds is 3. The highest BCUT2D eigenvalue weighted by Gasteiger charge is 2.25. The maximum absolute atomic E-state index is 5.46. The Kier molecular flexibility index (Phi) is 3.53. The molecule has 0 aliphatic carbocycles. The summed E-state index contributed by atoms with van der Waals surface area (Å²) in [6, 6.07) is 10.7. The predicted octanol–water partition coefficient (Wildman–Crippen LogP) is 3.47. The molecule has 83 valence electrons. The first-order valence-electron chi connectivity index (χ1n) is 5.15. The van der Waals surface area contributed by atoms with Crippen LogP contribution in [0.15, 0.2) is 24.3 Å². The summed E-state index contributed by atoms with van der Waals surface area (Å²) in [4.78, 5) is 10.8. The Bertz CT molecular complexity index is 296. The summed E-state index contributed by atoms with van der Waals surface area (Å²) in [7, 11) is 0. The molecule has 0 heterocycles. The van der Waals surface area contributed by atoms with E-state index in [0.29, 0.717) is 0 Å². The van der Waals surface area contributed by atoms with E-state index in [9.17, 15) is 0 Å². The van der Waals surface area contributed by atoms with Gasteiger partial charge in [0.05, 0.1) is 5.60 Å². The molecule has 0 saturated carbocycles. The molecule has 2 heteroatoms. The van der Waals surface area contributed by atoms with Crippen molar-refractivity contribution < 1.29 is 9.78 Å². The maximum Gasteiger partial charge on any atom is 0.123 e. The average molecular weight is 207 g/mol. The maximum atomic E-state index is 5.46. The summed E-state index contributed by atoms with van der Waals surface area (Å²) < 4.78 is 0. The first kappa shape index (κ1) is 12.2. The van der Waals surface area contributed by atoms with Crippen LogP contribution in [0.3, 0.4) is 0 Å². The second kappa shape index (κ2) is 4.33. The lowest BCUT2D eigenvalue weighted by molar-refractivity contribution is -0.401. The molecule has 0 fully saturated rings. The molecule has 1 aromatic rings. The molecule has 0 bridgehead atoms. The lowest BCUT2D eigenvalue weighted by Gasteiger charge is -2.28. The second-order valence-electron chi connectivity index (χ2n) is 5.08. The third-order valence-corrected chi connectivity index (χ3v) is 1.90. The van der Waals surface area contributed by atoms with Gasteiger partial charge in [-0.25, -0.2) is 9.78 Å². The first-order valence-corrected chi connectivity index (χ1v) is 5.15. The van der Waals surface area contributed by atoms with Gasteiger partial charge in [-0.2, -0.15) is 0 Å². The van der Waals surface area contributed by atoms with Crippen LogP contribution in [-0.2, 0) is 15.4 Å². The molecule has 0 amide bonds. The van der Waals surface area contributed by atoms with Crippen molar-refractivity contribution in [2.75, 3.05) is 0 Å². The summed E-state index contributed by atoms with van der Waals surface area (Å²) in [6.07, 6.45) is 0. The standard InChI is InChI=1S/C13H19O2/c1-12(2,3)14-15-13(4,5)11-9-7-6-8-10-11/h6-7,9-10H,1-5H3. The Labute approximate surface area is 92.1 Å². The molecule has 1 radical (unpaired) electrons. The quantitative estimate of drug-likeness (QED) is 0.558. The van der Waals surface area contributed by atoms with E-state index in [1.807, 2.05) is 58.9 Å². The van der Waals surface area contributed by atoms with E-state index >= 15 is 0 Å². The highest BCUT2D eigenvalue weighted by molar-refractivity contribution is 5.19. The zero-order valence-electron chi connectivity index (χ0n) is 10.1. The van der Waals surface area contributed by atoms with E-state index in [0.717, 1.165) is 5.56 Å². The van der Waals surface area contributed by atoms with Gasteiger partial charge in [0, 0.05) is 0 Å². The molecule has 0 spiro atoms. The van der Waals surface area contributed by atoms with E-state index in [4.69, 9.17) is 9.78 Å². The van der Waals surface area contributed by atoms with Gasteiger partial charge in [0.1, 0.15) is 5.60 Å². The van der Waals surface area contributed by atoms with Crippen LogP contribution in [0.5, 0.6) is 0 Å². The van der Waals surface area contributed by atoms with E-state index < -0.39 is 5.60 Å². The minimum Gasteiger partial charge on any atom is -0.230 e. The second-order valence-corrected chi connectivity index (χ2v) is 5.08. The van der Waals surface area contributed by atoms with Crippen LogP contribution in [0, 0.1) is 6.07 Å². The van der Waals surface area contributed by atoms with Gasteiger partial charge in [-0.1, -0.05) is 18.2 Å². The first-order chi connectivity index (χ1) is 6.81. The van der Waals surface area contributed by atoms with Crippen molar-refractivity contribution in [3.8, 4) is 0 Å². The Hall–Kier alpha value is -0.860. The van der Waals surface area contributed by atoms with Crippen LogP contribution >= 0.6 is 0 Å². The molecule has 2 nitrogen and oxygen atoms in total. The largest absolute Gasteiger partial charge is 0.230 e. The fourth-order valence-corrected chi connectivity index (χ4v) is 1.05. The Balaban J connectivity index is 2.68. The molecule has 0 N–H and O–H groups in total. The van der Waals surface area contributed by atoms with E-state index in [1.165, 1.54) is 0 Å². The van der Waals surface area contributed by atoms with Crippen LogP contribution in [0.1, 0.15) is 40.2 Å². The van der Waals surface area contributed by atoms with Gasteiger partial charge in [0.15, 0.2) is 0 Å². The number of hydrogen-bond donors (Lipinski definition) is 0. The van der Waals surface area contributed by atoms with Crippen molar-refractivity contribution in [2.24, 2.45) is 0 Å². The van der Waals surface area contributed by atoms with Gasteiger partial charge in [-0.3, -0.25) is 0 Å². The zero-order chi connectivity index (χ0) is 11.5. The highest BCUT2D eigenvalue weighted by Crippen LogP contribution is 2.26. The Morgan fingerprint density at radius 3 is 2.20 bits per heavy atom. The van der Waals surface area contributed by atoms with Gasteiger partial charge >= 0.3 is 0 Å². The van der Waals surface area contributed by atoms with Crippen molar-refractivity contribution in [1.82, 2.24) is 0 Å². The molecule has 0 atom stereocenters. The monoisotopic (exact) mass is 207 g/mol. The summed E-state index contributed by atoms with van der Waals surface area (Å²) >= 11 is 0. The topological polar surface area (TPSA) is 18.5 Å². The third kappa shape index (κ3) is 4.02. The number of benzene rings is 1. The van der Waals surface area contributed by atoms with E-state index in [2.05, 4.69) is 6.07 Å². The van der Waals surface area contributed by atoms with Gasteiger partial charge in [0.2, 0.25) is 0 Å². The minimum absolute atomic E-state index is 0.296. The molecular formula is C13H19O2. The van der Waals surface area contributed by atoms with Gasteiger partial charge < -0.3 is 0 Å². The van der Waals surface area contributed by atoms with Crippen molar-refractivity contribution in [3.05, 3.63) is 35.9 Å². The molecule has 0 aromatic heterocycles. The summed E-state index contributed by atoms with van der Waals surface area (Å²) in [5, 5.41) is 0. The van der Waals surface area contributed by atoms with Crippen LogP contribution in [-0.4, -0.2) is 5.60 Å². The Morgan fingerprint density at radius 1 is 1.07 bits per heavy atom. The zero-order valence-corrected chi connectivity index (χ0v) is 10.1. The smallest absolute Gasteiger partial charge is 0.123 e. The van der Waals surface area contributed by atoms with E-state index in [-0.39, 0.29) is 5.60 Å². The Morgan fingerprint density at radius 2 is 1.73 bits per heavy atom. The normalized spacial score (nSPS) is 12.9. The van der Waals surface area contributed by atoms with Crippen LogP contribution in [0.25, 0.3) is 0 Å². The van der Waals surface area contributed by atoms with Crippen molar-refractivity contribution >= 4 is 0 Å². The lowest BCUT2D eigenvalue weighted by atomic mass is 9.99. The SMILES string of the molecule is CC(C)(C)OOC(C)(C)c1c[c]ccc1. The van der Waals surface area contributed by atoms with Crippen molar-refractivity contribution in [1.29, 1.82) is 0 Å². The molecule has 15 heavy (non-hydrogen) atoms. The molecule has 0 aliphatic rings. The predicted molar refractivity (Wildman–Crippen MR) is 60.2 cm³/mol. The summed E-state index contributed by atoms with van der Waals surface area (Å²) in [6.45, 7) is 9.82. The summed E-state index contributed by atoms with van der Waals surface area (Å²) in [5.41, 5.74) is 0.301. The van der Waals surface area contributed by atoms with Crippen LogP contribution in [0.2, 0.25) is 0 Å². The van der Waals surface area contributed by atoms with Gasteiger partial charge in [0.25, 0.3) is 0 Å². The van der Waals surface area contributed by atoms with Crippen molar-refractivity contribution in [3.63, 3.8) is 0 Å².